The third-order valence-electron chi connectivity index (χ3n) is 3.69. The molecule has 1 aromatic rings. The van der Waals surface area contributed by atoms with E-state index in [-0.39, 0.29) is 24.2 Å². The smallest absolute Gasteiger partial charge is 0.244 e. The van der Waals surface area contributed by atoms with Crippen molar-refractivity contribution in [1.29, 1.82) is 0 Å². The summed E-state index contributed by atoms with van der Waals surface area (Å²) in [5, 5.41) is 2.48. The van der Waals surface area contributed by atoms with Crippen molar-refractivity contribution < 1.29 is 18.4 Å². The van der Waals surface area contributed by atoms with Crippen molar-refractivity contribution in [2.24, 2.45) is 0 Å². The molecular weight excluding hydrogens is 278 g/mol. The lowest BCUT2D eigenvalue weighted by Crippen LogP contribution is -2.42. The fraction of sp³-hybridized carbons (Fsp3) is 0.467. The van der Waals surface area contributed by atoms with Crippen LogP contribution in [0.4, 0.5) is 14.5 Å². The molecule has 0 atom stereocenters. The number of halogens is 2. The van der Waals surface area contributed by atoms with Crippen molar-refractivity contribution in [2.75, 3.05) is 11.9 Å². The molecule has 0 aliphatic heterocycles. The summed E-state index contributed by atoms with van der Waals surface area (Å²) >= 11 is 0. The predicted octanol–water partition coefficient (Wildman–Crippen LogP) is 2.69. The van der Waals surface area contributed by atoms with Gasteiger partial charge in [-0.1, -0.05) is 12.8 Å². The van der Waals surface area contributed by atoms with Crippen LogP contribution in [0, 0.1) is 11.6 Å². The Hall–Kier alpha value is -1.98. The normalized spacial score (nSPS) is 15.0. The summed E-state index contributed by atoms with van der Waals surface area (Å²) in [6.07, 6.45) is 3.91. The molecule has 1 fully saturated rings. The molecule has 0 bridgehead atoms. The highest BCUT2D eigenvalue weighted by Gasteiger charge is 2.26. The number of rotatable bonds is 4. The summed E-state index contributed by atoms with van der Waals surface area (Å²) in [6.45, 7) is 1.36. The minimum Gasteiger partial charge on any atom is -0.331 e. The van der Waals surface area contributed by atoms with Crippen molar-refractivity contribution in [1.82, 2.24) is 4.90 Å². The highest BCUT2D eigenvalue weighted by molar-refractivity contribution is 5.94. The average Bonchev–Trinajstić information content (AvgIpc) is 2.93. The molecule has 1 saturated carbocycles. The SMILES string of the molecule is CC(=O)N(CC(=O)Nc1ccc(F)c(F)c1)C1CCCC1. The van der Waals surface area contributed by atoms with Gasteiger partial charge in [0.2, 0.25) is 11.8 Å². The molecule has 0 aromatic heterocycles. The standard InChI is InChI=1S/C15H18F2N2O2/c1-10(20)19(12-4-2-3-5-12)9-15(21)18-11-6-7-13(16)14(17)8-11/h6-8,12H,2-5,9H2,1H3,(H,18,21). The second kappa shape index (κ2) is 6.65. The molecule has 2 amide bonds. The van der Waals surface area contributed by atoms with Crippen LogP contribution in [-0.2, 0) is 9.59 Å². The molecule has 1 aliphatic rings. The van der Waals surface area contributed by atoms with E-state index in [2.05, 4.69) is 5.32 Å². The molecule has 0 radical (unpaired) electrons. The highest BCUT2D eigenvalue weighted by atomic mass is 19.2. The van der Waals surface area contributed by atoms with E-state index in [1.807, 2.05) is 0 Å². The molecule has 1 N–H and O–H groups in total. The Morgan fingerprint density at radius 3 is 2.48 bits per heavy atom. The maximum atomic E-state index is 13.1. The van der Waals surface area contributed by atoms with Gasteiger partial charge in [-0.15, -0.1) is 0 Å². The Labute approximate surface area is 122 Å². The predicted molar refractivity (Wildman–Crippen MR) is 74.6 cm³/mol. The number of amides is 2. The lowest BCUT2D eigenvalue weighted by molar-refractivity contribution is -0.135. The molecule has 0 heterocycles. The quantitative estimate of drug-likeness (QED) is 0.928. The molecule has 2 rings (SSSR count). The van der Waals surface area contributed by atoms with E-state index in [1.165, 1.54) is 13.0 Å². The van der Waals surface area contributed by atoms with E-state index in [1.54, 1.807) is 4.90 Å². The van der Waals surface area contributed by atoms with Gasteiger partial charge in [0, 0.05) is 24.7 Å². The molecule has 1 aliphatic carbocycles. The average molecular weight is 296 g/mol. The molecule has 0 unspecified atom stereocenters. The first-order chi connectivity index (χ1) is 9.97. The van der Waals surface area contributed by atoms with Crippen LogP contribution in [0.2, 0.25) is 0 Å². The highest BCUT2D eigenvalue weighted by Crippen LogP contribution is 2.23. The summed E-state index contributed by atoms with van der Waals surface area (Å²) in [5.41, 5.74) is 0.175. The van der Waals surface area contributed by atoms with Crippen LogP contribution in [0.15, 0.2) is 18.2 Å². The van der Waals surface area contributed by atoms with Crippen molar-refractivity contribution in [3.63, 3.8) is 0 Å². The molecule has 4 nitrogen and oxygen atoms in total. The molecule has 1 aromatic carbocycles. The van der Waals surface area contributed by atoms with Gasteiger partial charge in [-0.2, -0.15) is 0 Å². The Balaban J connectivity index is 1.98. The van der Waals surface area contributed by atoms with Gasteiger partial charge in [-0.25, -0.2) is 8.78 Å². The van der Waals surface area contributed by atoms with Gasteiger partial charge in [0.1, 0.15) is 6.54 Å². The van der Waals surface area contributed by atoms with E-state index in [9.17, 15) is 18.4 Å². The zero-order valence-electron chi connectivity index (χ0n) is 11.9. The minimum absolute atomic E-state index is 0.0704. The molecular formula is C15H18F2N2O2. The van der Waals surface area contributed by atoms with E-state index in [0.717, 1.165) is 37.8 Å². The number of benzene rings is 1. The fourth-order valence-electron chi connectivity index (χ4n) is 2.64. The minimum atomic E-state index is -1.02. The van der Waals surface area contributed by atoms with Gasteiger partial charge in [0.05, 0.1) is 0 Å². The van der Waals surface area contributed by atoms with Gasteiger partial charge in [-0.3, -0.25) is 9.59 Å². The number of carbonyl (C=O) groups excluding carboxylic acids is 2. The molecule has 0 spiro atoms. The summed E-state index contributed by atoms with van der Waals surface area (Å²) in [7, 11) is 0. The second-order valence-electron chi connectivity index (χ2n) is 5.26. The van der Waals surface area contributed by atoms with Crippen molar-refractivity contribution in [3.05, 3.63) is 29.8 Å². The Morgan fingerprint density at radius 1 is 1.24 bits per heavy atom. The van der Waals surface area contributed by atoms with Crippen LogP contribution >= 0.6 is 0 Å². The fourth-order valence-corrected chi connectivity index (χ4v) is 2.64. The lowest BCUT2D eigenvalue weighted by Gasteiger charge is -2.27. The largest absolute Gasteiger partial charge is 0.331 e. The second-order valence-corrected chi connectivity index (χ2v) is 5.26. The number of carbonyl (C=O) groups is 2. The van der Waals surface area contributed by atoms with Crippen LogP contribution in [0.3, 0.4) is 0 Å². The van der Waals surface area contributed by atoms with Crippen molar-refractivity contribution in [2.45, 2.75) is 38.6 Å². The zero-order valence-corrected chi connectivity index (χ0v) is 11.9. The number of hydrogen-bond acceptors (Lipinski definition) is 2. The maximum absolute atomic E-state index is 13.1. The first-order valence-electron chi connectivity index (χ1n) is 6.99. The van der Waals surface area contributed by atoms with E-state index in [0.29, 0.717) is 0 Å². The Bertz CT molecular complexity index is 542. The first kappa shape index (κ1) is 15.4. The summed E-state index contributed by atoms with van der Waals surface area (Å²) < 4.78 is 25.9. The first-order valence-corrected chi connectivity index (χ1v) is 6.99. The lowest BCUT2D eigenvalue weighted by atomic mass is 10.2. The van der Waals surface area contributed by atoms with Crippen LogP contribution in [0.5, 0.6) is 0 Å². The molecule has 0 saturated heterocycles. The third kappa shape index (κ3) is 4.00. The molecule has 114 valence electrons. The van der Waals surface area contributed by atoms with E-state index in [4.69, 9.17) is 0 Å². The molecule has 21 heavy (non-hydrogen) atoms. The Morgan fingerprint density at radius 2 is 1.90 bits per heavy atom. The Kier molecular flexibility index (Phi) is 4.88. The van der Waals surface area contributed by atoms with Crippen molar-refractivity contribution in [3.8, 4) is 0 Å². The van der Waals surface area contributed by atoms with Gasteiger partial charge in [-0.05, 0) is 25.0 Å². The van der Waals surface area contributed by atoms with Gasteiger partial charge in [0.25, 0.3) is 0 Å². The van der Waals surface area contributed by atoms with E-state index >= 15 is 0 Å². The summed E-state index contributed by atoms with van der Waals surface area (Å²) in [6, 6.07) is 3.24. The van der Waals surface area contributed by atoms with Gasteiger partial charge in [0.15, 0.2) is 11.6 Å². The van der Waals surface area contributed by atoms with Crippen LogP contribution in [0.1, 0.15) is 32.6 Å². The third-order valence-corrected chi connectivity index (χ3v) is 3.69. The van der Waals surface area contributed by atoms with E-state index < -0.39 is 17.5 Å². The number of nitrogens with one attached hydrogen (secondary N) is 1. The monoisotopic (exact) mass is 296 g/mol. The van der Waals surface area contributed by atoms with Crippen LogP contribution < -0.4 is 5.32 Å². The maximum Gasteiger partial charge on any atom is 0.244 e. The number of nitrogens with zero attached hydrogens (tertiary/aromatic N) is 1. The van der Waals surface area contributed by atoms with Crippen molar-refractivity contribution >= 4 is 17.5 Å². The van der Waals surface area contributed by atoms with Gasteiger partial charge >= 0.3 is 0 Å². The topological polar surface area (TPSA) is 49.4 Å². The number of hydrogen-bond donors (Lipinski definition) is 1. The van der Waals surface area contributed by atoms with Gasteiger partial charge < -0.3 is 10.2 Å². The van der Waals surface area contributed by atoms with Crippen LogP contribution in [0.25, 0.3) is 0 Å². The summed E-state index contributed by atoms with van der Waals surface area (Å²) in [5.74, 6) is -2.55. The molecule has 6 heteroatoms. The summed E-state index contributed by atoms with van der Waals surface area (Å²) in [4.78, 5) is 25.2. The van der Waals surface area contributed by atoms with Crippen LogP contribution in [-0.4, -0.2) is 29.3 Å². The zero-order chi connectivity index (χ0) is 15.4. The number of anilines is 1.